The molecule has 2 aromatic rings. The zero-order valence-electron chi connectivity index (χ0n) is 15.8. The molecule has 2 aliphatic rings. The molecule has 1 atom stereocenters. The van der Waals surface area contributed by atoms with Gasteiger partial charge in [0.2, 0.25) is 0 Å². The van der Waals surface area contributed by atoms with Gasteiger partial charge in [-0.05, 0) is 25.1 Å². The van der Waals surface area contributed by atoms with Crippen LogP contribution in [0.3, 0.4) is 0 Å². The van der Waals surface area contributed by atoms with Gasteiger partial charge in [-0.2, -0.15) is 0 Å². The Hall–Kier alpha value is -2.84. The number of benzene rings is 2. The molecule has 150 valence electrons. The average molecular weight is 412 g/mol. The van der Waals surface area contributed by atoms with Crippen LogP contribution in [0.25, 0.3) is 0 Å². The van der Waals surface area contributed by atoms with Crippen molar-refractivity contribution in [3.63, 3.8) is 0 Å². The summed E-state index contributed by atoms with van der Waals surface area (Å²) in [5.41, 5.74) is 1.63. The molecule has 0 N–H and O–H groups in total. The van der Waals surface area contributed by atoms with E-state index in [2.05, 4.69) is 0 Å². The zero-order valence-corrected chi connectivity index (χ0v) is 16.7. The Bertz CT molecular complexity index is 1090. The van der Waals surface area contributed by atoms with Crippen molar-refractivity contribution < 1.29 is 22.8 Å². The first-order chi connectivity index (χ1) is 13.9. The van der Waals surface area contributed by atoms with E-state index in [1.807, 2.05) is 4.90 Å². The number of carbonyl (C=O) groups is 3. The van der Waals surface area contributed by atoms with Crippen molar-refractivity contribution >= 4 is 28.2 Å². The van der Waals surface area contributed by atoms with E-state index in [9.17, 15) is 22.8 Å². The predicted molar refractivity (Wildman–Crippen MR) is 107 cm³/mol. The van der Waals surface area contributed by atoms with Gasteiger partial charge in [0.25, 0.3) is 5.91 Å². The van der Waals surface area contributed by atoms with E-state index in [4.69, 9.17) is 0 Å². The van der Waals surface area contributed by atoms with Gasteiger partial charge in [0.05, 0.1) is 0 Å². The summed E-state index contributed by atoms with van der Waals surface area (Å²) in [6, 6.07) is 11.3. The molecule has 1 saturated heterocycles. The third-order valence-electron chi connectivity index (χ3n) is 5.61. The Kier molecular flexibility index (Phi) is 5.06. The highest BCUT2D eigenvalue weighted by atomic mass is 32.2. The molecular weight excluding hydrogens is 392 g/mol. The summed E-state index contributed by atoms with van der Waals surface area (Å²) in [5, 5.41) is -0.560. The summed E-state index contributed by atoms with van der Waals surface area (Å²) >= 11 is 0. The highest BCUT2D eigenvalue weighted by molar-refractivity contribution is 7.73. The maximum atomic E-state index is 12.9. The van der Waals surface area contributed by atoms with Crippen LogP contribution < -0.4 is 0 Å². The van der Waals surface area contributed by atoms with Crippen LogP contribution >= 0.6 is 0 Å². The number of hydrogen-bond donors (Lipinski definition) is 1. The minimum atomic E-state index is -2.54. The van der Waals surface area contributed by atoms with Crippen molar-refractivity contribution in [3.05, 3.63) is 70.3 Å². The normalized spacial score (nSPS) is 17.8. The summed E-state index contributed by atoms with van der Waals surface area (Å²) in [5.74, 6) is -0.711. The first-order valence-corrected chi connectivity index (χ1v) is 10.6. The number of carbonyl (C=O) groups excluding carboxylic acids is 3. The van der Waals surface area contributed by atoms with Crippen LogP contribution in [0.5, 0.6) is 0 Å². The third kappa shape index (κ3) is 3.38. The number of thiol groups is 1. The molecule has 0 radical (unpaired) electrons. The van der Waals surface area contributed by atoms with Crippen molar-refractivity contribution in [2.45, 2.75) is 12.3 Å². The van der Waals surface area contributed by atoms with Crippen molar-refractivity contribution in [2.75, 3.05) is 26.2 Å². The van der Waals surface area contributed by atoms with E-state index < -0.39 is 16.1 Å². The van der Waals surface area contributed by atoms with Crippen molar-refractivity contribution in [1.82, 2.24) is 9.80 Å². The Morgan fingerprint density at radius 1 is 0.862 bits per heavy atom. The largest absolute Gasteiger partial charge is 0.336 e. The molecule has 7 nitrogen and oxygen atoms in total. The molecule has 0 aromatic heterocycles. The lowest BCUT2D eigenvalue weighted by Gasteiger charge is -2.36. The predicted octanol–water partition coefficient (Wildman–Crippen LogP) is 1.18. The van der Waals surface area contributed by atoms with Crippen molar-refractivity contribution in [3.8, 4) is 0 Å². The van der Waals surface area contributed by atoms with Crippen molar-refractivity contribution in [2.24, 2.45) is 0 Å². The standard InChI is InChI=1S/C21H20N2O5S/c1-13(29(27)28)22-8-10-23(11-9-22)21(26)14-6-7-17-18(12-14)20(25)16-5-3-2-4-15(16)19(17)24/h2-7,12-13,29H,8-11H2,1H3/t13-/m0/s1. The number of nitrogens with zero attached hydrogens (tertiary/aromatic N) is 2. The summed E-state index contributed by atoms with van der Waals surface area (Å²) in [4.78, 5) is 41.9. The Labute approximate surface area is 169 Å². The van der Waals surface area contributed by atoms with Gasteiger partial charge in [-0.3, -0.25) is 19.3 Å². The SMILES string of the molecule is C[C@@H](N1CCN(C(=O)c2ccc3c(c2)C(=O)c2ccccc2C3=O)CC1)[SH](=O)=O. The molecule has 1 aliphatic heterocycles. The minimum Gasteiger partial charge on any atom is -0.336 e. The fourth-order valence-electron chi connectivity index (χ4n) is 3.85. The molecule has 1 amide bonds. The molecule has 4 rings (SSSR count). The van der Waals surface area contributed by atoms with Gasteiger partial charge < -0.3 is 4.90 Å². The molecular formula is C21H20N2O5S. The van der Waals surface area contributed by atoms with E-state index in [0.717, 1.165) is 0 Å². The topological polar surface area (TPSA) is 91.8 Å². The molecule has 1 aliphatic carbocycles. The van der Waals surface area contributed by atoms with Gasteiger partial charge in [0, 0.05) is 54.0 Å². The van der Waals surface area contributed by atoms with E-state index in [1.165, 1.54) is 6.07 Å². The number of rotatable bonds is 3. The minimum absolute atomic E-state index is 0.219. The Balaban J connectivity index is 1.56. The molecule has 29 heavy (non-hydrogen) atoms. The van der Waals surface area contributed by atoms with Crippen LogP contribution in [0.1, 0.15) is 49.1 Å². The zero-order chi connectivity index (χ0) is 20.7. The second-order valence-electron chi connectivity index (χ2n) is 7.21. The number of ketones is 2. The van der Waals surface area contributed by atoms with E-state index in [-0.39, 0.29) is 23.0 Å². The maximum Gasteiger partial charge on any atom is 0.253 e. The second-order valence-corrected chi connectivity index (χ2v) is 8.53. The molecule has 2 aromatic carbocycles. The third-order valence-corrected chi connectivity index (χ3v) is 6.54. The number of hydrogen-bond acceptors (Lipinski definition) is 6. The van der Waals surface area contributed by atoms with E-state index in [0.29, 0.717) is 48.4 Å². The van der Waals surface area contributed by atoms with E-state index >= 15 is 0 Å². The molecule has 0 unspecified atom stereocenters. The second kappa shape index (κ2) is 7.53. The monoisotopic (exact) mass is 412 g/mol. The fourth-order valence-corrected chi connectivity index (χ4v) is 4.34. The summed E-state index contributed by atoms with van der Waals surface area (Å²) in [6.45, 7) is 3.36. The average Bonchev–Trinajstić information content (AvgIpc) is 2.76. The fraction of sp³-hybridized carbons (Fsp3) is 0.286. The molecule has 0 spiro atoms. The van der Waals surface area contributed by atoms with Gasteiger partial charge in [0.1, 0.15) is 5.37 Å². The highest BCUT2D eigenvalue weighted by Crippen LogP contribution is 2.28. The van der Waals surface area contributed by atoms with Crippen LogP contribution in [-0.2, 0) is 10.7 Å². The highest BCUT2D eigenvalue weighted by Gasteiger charge is 2.31. The van der Waals surface area contributed by atoms with Crippen LogP contribution in [0.4, 0.5) is 0 Å². The molecule has 8 heteroatoms. The van der Waals surface area contributed by atoms with Gasteiger partial charge in [-0.25, -0.2) is 8.42 Å². The molecule has 0 saturated carbocycles. The first kappa shape index (κ1) is 19.5. The first-order valence-electron chi connectivity index (χ1n) is 9.38. The summed E-state index contributed by atoms with van der Waals surface area (Å²) < 4.78 is 22.3. The van der Waals surface area contributed by atoms with Crippen LogP contribution in [-0.4, -0.2) is 67.2 Å². The quantitative estimate of drug-likeness (QED) is 0.650. The smallest absolute Gasteiger partial charge is 0.253 e. The van der Waals surface area contributed by atoms with E-state index in [1.54, 1.807) is 48.2 Å². The van der Waals surface area contributed by atoms with Crippen molar-refractivity contribution in [1.29, 1.82) is 0 Å². The summed E-state index contributed by atoms with van der Waals surface area (Å²) in [6.07, 6.45) is 0. The van der Waals surface area contributed by atoms with Crippen LogP contribution in [0.15, 0.2) is 42.5 Å². The van der Waals surface area contributed by atoms with Gasteiger partial charge >= 0.3 is 0 Å². The number of fused-ring (bicyclic) bond motifs is 2. The summed E-state index contributed by atoms with van der Waals surface area (Å²) in [7, 11) is -2.54. The van der Waals surface area contributed by atoms with Gasteiger partial charge in [-0.15, -0.1) is 0 Å². The Morgan fingerprint density at radius 3 is 2.00 bits per heavy atom. The lowest BCUT2D eigenvalue weighted by molar-refractivity contribution is 0.0627. The lowest BCUT2D eigenvalue weighted by Crippen LogP contribution is -2.51. The Morgan fingerprint density at radius 2 is 1.41 bits per heavy atom. The van der Waals surface area contributed by atoms with Gasteiger partial charge in [0.15, 0.2) is 22.3 Å². The number of piperazine rings is 1. The molecule has 1 heterocycles. The van der Waals surface area contributed by atoms with Gasteiger partial charge in [-0.1, -0.05) is 24.3 Å². The lowest BCUT2D eigenvalue weighted by atomic mass is 9.83. The molecule has 0 bridgehead atoms. The van der Waals surface area contributed by atoms with Crippen LogP contribution in [0, 0.1) is 0 Å². The number of amides is 1. The van der Waals surface area contributed by atoms with Crippen LogP contribution in [0.2, 0.25) is 0 Å². The molecule has 1 fully saturated rings. The maximum absolute atomic E-state index is 12.9.